The monoisotopic (exact) mass is 368 g/mol. The Morgan fingerprint density at radius 2 is 1.87 bits per heavy atom. The molecule has 5 nitrogen and oxygen atoms in total. The summed E-state index contributed by atoms with van der Waals surface area (Å²) in [6, 6.07) is 11.5. The molecule has 0 saturated heterocycles. The molecule has 0 aliphatic heterocycles. The van der Waals surface area contributed by atoms with Crippen molar-refractivity contribution in [1.29, 1.82) is 0 Å². The zero-order valence-corrected chi connectivity index (χ0v) is 19.4. The van der Waals surface area contributed by atoms with Gasteiger partial charge in [-0.1, -0.05) is 35.9 Å². The largest absolute Gasteiger partial charge is 0.445 e. The first-order valence-corrected chi connectivity index (χ1v) is 11.7. The number of amides is 2. The highest BCUT2D eigenvalue weighted by Gasteiger charge is 2.33. The lowest BCUT2D eigenvalue weighted by molar-refractivity contribution is 0.240. The van der Waals surface area contributed by atoms with Gasteiger partial charge in [0, 0.05) is 19.1 Å². The lowest BCUT2D eigenvalue weighted by Crippen LogP contribution is -2.42. The van der Waals surface area contributed by atoms with Crippen LogP contribution in [0.25, 0.3) is 0 Å². The van der Waals surface area contributed by atoms with E-state index in [0.717, 1.165) is 29.6 Å². The van der Waals surface area contributed by atoms with Gasteiger partial charge in [-0.25, -0.2) is 4.79 Å². The van der Waals surface area contributed by atoms with Crippen LogP contribution in [0.15, 0.2) is 42.5 Å². The zero-order valence-electron chi connectivity index (χ0n) is 14.4. The highest BCUT2D eigenvalue weighted by molar-refractivity contribution is 6.73. The Balaban J connectivity index is 2.27. The van der Waals surface area contributed by atoms with E-state index in [2.05, 4.69) is 17.2 Å². The van der Waals surface area contributed by atoms with Crippen LogP contribution in [-0.4, -0.2) is 42.1 Å². The second kappa shape index (κ2) is 10.6. The van der Waals surface area contributed by atoms with E-state index in [0.29, 0.717) is 34.1 Å². The minimum absolute atomic E-state index is 0.139. The zero-order chi connectivity index (χ0) is 17.1. The van der Waals surface area contributed by atoms with Gasteiger partial charge in [0.05, 0.1) is 0 Å². The molecule has 1 rings (SSSR count). The molecule has 1 aromatic rings. The lowest BCUT2D eigenvalue weighted by atomic mass is 10.2. The normalized spacial score (nSPS) is 13.4. The van der Waals surface area contributed by atoms with Crippen LogP contribution in [0.2, 0.25) is 12.1 Å². The number of nitrogens with one attached hydrogen (secondary N) is 2. The summed E-state index contributed by atoms with van der Waals surface area (Å²) in [6.07, 6.45) is 0.864. The lowest BCUT2D eigenvalue weighted by Gasteiger charge is -2.29. The standard InChI is InChI=1S/C15H28N2O3Si3/c1-13(2)12-23(19-21,20-22)10-6-9-16-15(18)17-11-14-7-4-3-5-8-14/h3-5,7-8H,1,6,9-12H2,2,21-22H3,(H2,16,17,18). The summed E-state index contributed by atoms with van der Waals surface area (Å²) in [7, 11) is -0.735. The average Bonchev–Trinajstić information content (AvgIpc) is 2.56. The van der Waals surface area contributed by atoms with Crippen LogP contribution in [0.1, 0.15) is 18.9 Å². The van der Waals surface area contributed by atoms with Crippen molar-refractivity contribution in [1.82, 2.24) is 10.6 Å². The van der Waals surface area contributed by atoms with E-state index in [1.807, 2.05) is 37.3 Å². The van der Waals surface area contributed by atoms with E-state index in [1.165, 1.54) is 0 Å². The summed E-state index contributed by atoms with van der Waals surface area (Å²) < 4.78 is 11.6. The molecule has 2 amide bonds. The van der Waals surface area contributed by atoms with Gasteiger partial charge in [0.1, 0.15) is 21.0 Å². The van der Waals surface area contributed by atoms with Gasteiger partial charge < -0.3 is 18.9 Å². The summed E-state index contributed by atoms with van der Waals surface area (Å²) >= 11 is 0. The van der Waals surface area contributed by atoms with E-state index in [-0.39, 0.29) is 6.03 Å². The summed E-state index contributed by atoms with van der Waals surface area (Å²) in [5.74, 6) is 0. The molecule has 0 unspecified atom stereocenters. The van der Waals surface area contributed by atoms with Crippen LogP contribution in [0.5, 0.6) is 0 Å². The van der Waals surface area contributed by atoms with E-state index < -0.39 is 8.56 Å². The molecular weight excluding hydrogens is 340 g/mol. The number of allylic oxidation sites excluding steroid dienone is 1. The fourth-order valence-electron chi connectivity index (χ4n) is 2.38. The van der Waals surface area contributed by atoms with Gasteiger partial charge in [0.2, 0.25) is 0 Å². The molecule has 23 heavy (non-hydrogen) atoms. The number of benzene rings is 1. The number of carbonyl (C=O) groups is 1. The van der Waals surface area contributed by atoms with E-state index in [9.17, 15) is 4.79 Å². The van der Waals surface area contributed by atoms with Gasteiger partial charge in [-0.05, 0) is 25.0 Å². The predicted octanol–water partition coefficient (Wildman–Crippen LogP) is 0.488. The molecule has 0 saturated carbocycles. The summed E-state index contributed by atoms with van der Waals surface area (Å²) in [6.45, 7) is 7.15. The topological polar surface area (TPSA) is 59.6 Å². The maximum absolute atomic E-state index is 11.8. The van der Waals surface area contributed by atoms with Gasteiger partial charge in [0.25, 0.3) is 0 Å². The number of hydrogen-bond donors (Lipinski definition) is 2. The van der Waals surface area contributed by atoms with Crippen LogP contribution < -0.4 is 10.6 Å². The van der Waals surface area contributed by atoms with Gasteiger partial charge in [-0.15, -0.1) is 6.58 Å². The Kier molecular flexibility index (Phi) is 9.11. The van der Waals surface area contributed by atoms with Crippen LogP contribution in [0.4, 0.5) is 4.79 Å². The fourth-order valence-corrected chi connectivity index (χ4v) is 9.15. The van der Waals surface area contributed by atoms with Gasteiger partial charge >= 0.3 is 14.6 Å². The third-order valence-electron chi connectivity index (χ3n) is 3.63. The molecule has 0 radical (unpaired) electrons. The van der Waals surface area contributed by atoms with Crippen molar-refractivity contribution in [2.24, 2.45) is 0 Å². The molecule has 0 fully saturated rings. The van der Waals surface area contributed by atoms with Gasteiger partial charge in [-0.2, -0.15) is 0 Å². The van der Waals surface area contributed by atoms with E-state index >= 15 is 0 Å². The van der Waals surface area contributed by atoms with Crippen molar-refractivity contribution in [3.05, 3.63) is 48.0 Å². The van der Waals surface area contributed by atoms with Crippen LogP contribution in [0.3, 0.4) is 0 Å². The molecule has 2 N–H and O–H groups in total. The molecule has 0 bridgehead atoms. The van der Waals surface area contributed by atoms with Gasteiger partial charge in [-0.3, -0.25) is 0 Å². The molecule has 0 heterocycles. The van der Waals surface area contributed by atoms with Crippen molar-refractivity contribution in [2.75, 3.05) is 6.54 Å². The summed E-state index contributed by atoms with van der Waals surface area (Å²) in [5, 5.41) is 5.74. The maximum atomic E-state index is 11.8. The first-order chi connectivity index (χ1) is 11.0. The summed E-state index contributed by atoms with van der Waals surface area (Å²) in [4.78, 5) is 11.8. The number of rotatable bonds is 10. The minimum atomic E-state index is -2.10. The van der Waals surface area contributed by atoms with E-state index in [4.69, 9.17) is 8.23 Å². The van der Waals surface area contributed by atoms with Crippen LogP contribution >= 0.6 is 0 Å². The molecule has 0 atom stereocenters. The number of carbonyl (C=O) groups excluding carboxylic acids is 1. The number of hydrogen-bond acceptors (Lipinski definition) is 3. The van der Waals surface area contributed by atoms with Crippen molar-refractivity contribution >= 4 is 35.6 Å². The second-order valence-corrected chi connectivity index (χ2v) is 11.6. The van der Waals surface area contributed by atoms with Gasteiger partial charge in [0.15, 0.2) is 0 Å². The molecule has 1 aromatic carbocycles. The second-order valence-electron chi connectivity index (χ2n) is 5.65. The maximum Gasteiger partial charge on any atom is 0.320 e. The first kappa shape index (κ1) is 19.8. The molecule has 0 spiro atoms. The van der Waals surface area contributed by atoms with Crippen molar-refractivity contribution in [3.8, 4) is 0 Å². The third kappa shape index (κ3) is 7.75. The average molecular weight is 369 g/mol. The molecule has 8 heteroatoms. The molecule has 0 aliphatic carbocycles. The van der Waals surface area contributed by atoms with Crippen LogP contribution in [-0.2, 0) is 14.8 Å². The molecule has 0 aromatic heterocycles. The quantitative estimate of drug-likeness (QED) is 0.359. The van der Waals surface area contributed by atoms with Crippen LogP contribution in [0, 0.1) is 0 Å². The Morgan fingerprint density at radius 1 is 1.22 bits per heavy atom. The highest BCUT2D eigenvalue weighted by Crippen LogP contribution is 2.22. The summed E-state index contributed by atoms with van der Waals surface area (Å²) in [5.41, 5.74) is 2.20. The third-order valence-corrected chi connectivity index (χ3v) is 11.8. The SMILES string of the molecule is C=C(C)C[Si](CCCNC(=O)NCc1ccccc1)(O[SiH3])O[SiH3]. The van der Waals surface area contributed by atoms with E-state index in [1.54, 1.807) is 0 Å². The Morgan fingerprint density at radius 3 is 2.43 bits per heavy atom. The first-order valence-electron chi connectivity index (χ1n) is 7.81. The number of urea groups is 1. The minimum Gasteiger partial charge on any atom is -0.445 e. The van der Waals surface area contributed by atoms with Crippen molar-refractivity contribution in [2.45, 2.75) is 32.0 Å². The Bertz CT molecular complexity index is 496. The molecule has 0 aliphatic rings. The van der Waals surface area contributed by atoms with Crippen molar-refractivity contribution in [3.63, 3.8) is 0 Å². The molecule has 128 valence electrons. The highest BCUT2D eigenvalue weighted by atomic mass is 28.4. The smallest absolute Gasteiger partial charge is 0.320 e. The Hall–Kier alpha value is -1.20. The predicted molar refractivity (Wildman–Crippen MR) is 104 cm³/mol. The fraction of sp³-hybridized carbons (Fsp3) is 0.400. The molecular formula is C15H28N2O3Si3. The van der Waals surface area contributed by atoms with Crippen molar-refractivity contribution < 1.29 is 13.0 Å². The Labute approximate surface area is 146 Å².